The number of anilines is 1. The Morgan fingerprint density at radius 1 is 1.22 bits per heavy atom. The Morgan fingerprint density at radius 2 is 2.09 bits per heavy atom. The largest absolute Gasteiger partial charge is 0.457 e. The van der Waals surface area contributed by atoms with Gasteiger partial charge >= 0.3 is 0 Å². The van der Waals surface area contributed by atoms with E-state index in [2.05, 4.69) is 33.5 Å². The van der Waals surface area contributed by atoms with Crippen LogP contribution in [0.5, 0.6) is 11.5 Å². The summed E-state index contributed by atoms with van der Waals surface area (Å²) in [6.07, 6.45) is 8.12. The molecule has 0 aromatic heterocycles. The van der Waals surface area contributed by atoms with Gasteiger partial charge in [0.1, 0.15) is 17.2 Å². The predicted octanol–water partition coefficient (Wildman–Crippen LogP) is 4.01. The van der Waals surface area contributed by atoms with Crippen molar-refractivity contribution in [1.29, 1.82) is 0 Å². The van der Waals surface area contributed by atoms with Crippen molar-refractivity contribution in [2.45, 2.75) is 19.8 Å². The number of allylic oxidation sites excluding steroid dienone is 1. The van der Waals surface area contributed by atoms with E-state index >= 15 is 0 Å². The van der Waals surface area contributed by atoms with Crippen molar-refractivity contribution in [2.75, 3.05) is 31.6 Å². The Balaban J connectivity index is 1.37. The molecular formula is C26H31N5O. The third kappa shape index (κ3) is 6.07. The summed E-state index contributed by atoms with van der Waals surface area (Å²) >= 11 is 0. The highest BCUT2D eigenvalue weighted by Gasteiger charge is 2.17. The summed E-state index contributed by atoms with van der Waals surface area (Å²) in [5.41, 5.74) is 12.0. The lowest BCUT2D eigenvalue weighted by molar-refractivity contribution is 0.206. The van der Waals surface area contributed by atoms with Crippen molar-refractivity contribution in [1.82, 2.24) is 15.2 Å². The maximum absolute atomic E-state index is 5.98. The van der Waals surface area contributed by atoms with E-state index in [0.717, 1.165) is 54.5 Å². The molecule has 4 rings (SSSR count). The number of nitrogens with one attached hydrogen (secondary N) is 2. The van der Waals surface area contributed by atoms with Crippen LogP contribution in [0, 0.1) is 24.7 Å². The summed E-state index contributed by atoms with van der Waals surface area (Å²) in [5.74, 6) is 8.81. The Kier molecular flexibility index (Phi) is 7.34. The Bertz CT molecular complexity index is 1020. The Labute approximate surface area is 190 Å². The minimum Gasteiger partial charge on any atom is -0.457 e. The number of aryl methyl sites for hydroxylation is 1. The summed E-state index contributed by atoms with van der Waals surface area (Å²) < 4.78 is 5.98. The van der Waals surface area contributed by atoms with Gasteiger partial charge in [-0.15, -0.1) is 0 Å². The van der Waals surface area contributed by atoms with Gasteiger partial charge in [-0.25, -0.2) is 0 Å². The molecule has 1 atom stereocenters. The van der Waals surface area contributed by atoms with Crippen LogP contribution in [0.15, 0.2) is 72.8 Å². The number of benzene rings is 2. The predicted molar refractivity (Wildman–Crippen MR) is 130 cm³/mol. The smallest absolute Gasteiger partial charge is 0.130 e. The Morgan fingerprint density at radius 3 is 2.91 bits per heavy atom. The quantitative estimate of drug-likeness (QED) is 0.603. The first-order chi connectivity index (χ1) is 15.7. The number of likely N-dealkylation sites (tertiary alicyclic amines) is 1. The normalized spacial score (nSPS) is 18.2. The SMILES string of the molecule is Cc1cc(NN2C=CNC(C#CC3CCCN(CCN)C3)=C2)ccc1Oc1ccccc1. The van der Waals surface area contributed by atoms with Crippen molar-refractivity contribution >= 4 is 5.69 Å². The maximum atomic E-state index is 5.98. The number of ether oxygens (including phenoxy) is 1. The van der Waals surface area contributed by atoms with Crippen molar-refractivity contribution < 1.29 is 4.74 Å². The molecule has 0 spiro atoms. The highest BCUT2D eigenvalue weighted by atomic mass is 16.5. The van der Waals surface area contributed by atoms with Crippen LogP contribution < -0.4 is 21.2 Å². The van der Waals surface area contributed by atoms with Crippen LogP contribution in [-0.4, -0.2) is 36.1 Å². The molecule has 4 N–H and O–H groups in total. The van der Waals surface area contributed by atoms with E-state index in [1.807, 2.05) is 73.0 Å². The summed E-state index contributed by atoms with van der Waals surface area (Å²) in [7, 11) is 0. The molecule has 6 nitrogen and oxygen atoms in total. The molecule has 0 aliphatic carbocycles. The van der Waals surface area contributed by atoms with Gasteiger partial charge in [-0.3, -0.25) is 10.4 Å². The summed E-state index contributed by atoms with van der Waals surface area (Å²) in [6, 6.07) is 15.9. The van der Waals surface area contributed by atoms with Crippen LogP contribution >= 0.6 is 0 Å². The fourth-order valence-electron chi connectivity index (χ4n) is 3.90. The second kappa shape index (κ2) is 10.8. The molecule has 1 unspecified atom stereocenters. The molecular weight excluding hydrogens is 398 g/mol. The highest BCUT2D eigenvalue weighted by molar-refractivity contribution is 5.52. The minimum atomic E-state index is 0.394. The van der Waals surface area contributed by atoms with E-state index < -0.39 is 0 Å². The third-order valence-corrected chi connectivity index (χ3v) is 5.51. The highest BCUT2D eigenvalue weighted by Crippen LogP contribution is 2.27. The standard InChI is InChI=1S/C26H31N5O/c1-21-18-23(11-12-26(21)32-25-7-3-2-4-8-25)29-31-17-14-28-24(20-31)10-9-22-6-5-15-30(19-22)16-13-27/h2-4,7-8,11-12,14,17-18,20,22,28-29H,5-6,13,15-16,19,27H2,1H3. The van der Waals surface area contributed by atoms with Crippen LogP contribution in [0.25, 0.3) is 0 Å². The summed E-state index contributed by atoms with van der Waals surface area (Å²) in [6.45, 7) is 5.84. The Hall–Kier alpha value is -3.40. The molecule has 32 heavy (non-hydrogen) atoms. The van der Waals surface area contributed by atoms with Crippen LogP contribution in [0.4, 0.5) is 5.69 Å². The third-order valence-electron chi connectivity index (χ3n) is 5.51. The number of rotatable bonds is 6. The van der Waals surface area contributed by atoms with Crippen LogP contribution in [0.2, 0.25) is 0 Å². The average Bonchev–Trinajstić information content (AvgIpc) is 2.81. The minimum absolute atomic E-state index is 0.394. The number of nitrogens with two attached hydrogens (primary N) is 1. The molecule has 2 aliphatic rings. The number of hydrogen-bond donors (Lipinski definition) is 3. The number of para-hydroxylation sites is 1. The molecule has 166 valence electrons. The molecule has 2 aromatic rings. The van der Waals surface area contributed by atoms with E-state index in [1.165, 1.54) is 6.42 Å². The summed E-state index contributed by atoms with van der Waals surface area (Å²) in [4.78, 5) is 2.41. The average molecular weight is 430 g/mol. The maximum Gasteiger partial charge on any atom is 0.130 e. The van der Waals surface area contributed by atoms with E-state index in [-0.39, 0.29) is 0 Å². The van der Waals surface area contributed by atoms with Crippen molar-refractivity contribution in [3.63, 3.8) is 0 Å². The van der Waals surface area contributed by atoms with E-state index in [9.17, 15) is 0 Å². The van der Waals surface area contributed by atoms with E-state index in [4.69, 9.17) is 10.5 Å². The molecule has 0 saturated carbocycles. The topological polar surface area (TPSA) is 65.8 Å². The first kappa shape index (κ1) is 21.8. The summed E-state index contributed by atoms with van der Waals surface area (Å²) in [5, 5.41) is 5.14. The molecule has 6 heteroatoms. The van der Waals surface area contributed by atoms with Gasteiger partial charge in [0.05, 0.1) is 11.9 Å². The molecule has 1 fully saturated rings. The fraction of sp³-hybridized carbons (Fsp3) is 0.308. The van der Waals surface area contributed by atoms with Crippen molar-refractivity contribution in [3.8, 4) is 23.3 Å². The van der Waals surface area contributed by atoms with Crippen LogP contribution in [0.1, 0.15) is 18.4 Å². The molecule has 2 aromatic carbocycles. The van der Waals surface area contributed by atoms with E-state index in [1.54, 1.807) is 0 Å². The van der Waals surface area contributed by atoms with Gasteiger partial charge in [0, 0.05) is 38.0 Å². The first-order valence-electron chi connectivity index (χ1n) is 11.2. The van der Waals surface area contributed by atoms with Gasteiger partial charge in [-0.2, -0.15) is 0 Å². The lowest BCUT2D eigenvalue weighted by Gasteiger charge is -2.29. The fourth-order valence-corrected chi connectivity index (χ4v) is 3.90. The zero-order chi connectivity index (χ0) is 22.2. The lowest BCUT2D eigenvalue weighted by atomic mass is 9.98. The second-order valence-corrected chi connectivity index (χ2v) is 8.12. The van der Waals surface area contributed by atoms with Gasteiger partial charge < -0.3 is 20.7 Å². The van der Waals surface area contributed by atoms with Gasteiger partial charge in [0.2, 0.25) is 0 Å². The molecule has 2 heterocycles. The van der Waals surface area contributed by atoms with Gasteiger partial charge in [-0.05, 0) is 68.1 Å². The van der Waals surface area contributed by atoms with Gasteiger partial charge in [0.25, 0.3) is 0 Å². The number of piperidine rings is 1. The van der Waals surface area contributed by atoms with E-state index in [0.29, 0.717) is 12.5 Å². The lowest BCUT2D eigenvalue weighted by Crippen LogP contribution is -2.38. The van der Waals surface area contributed by atoms with Gasteiger partial charge in [0.15, 0.2) is 0 Å². The zero-order valence-corrected chi connectivity index (χ0v) is 18.6. The number of nitrogens with zero attached hydrogens (tertiary/aromatic N) is 2. The van der Waals surface area contributed by atoms with Crippen LogP contribution in [-0.2, 0) is 0 Å². The number of hydrogen-bond acceptors (Lipinski definition) is 6. The first-order valence-corrected chi connectivity index (χ1v) is 11.2. The molecule has 1 saturated heterocycles. The van der Waals surface area contributed by atoms with Crippen molar-refractivity contribution in [3.05, 3.63) is 78.4 Å². The second-order valence-electron chi connectivity index (χ2n) is 8.12. The molecule has 0 amide bonds. The zero-order valence-electron chi connectivity index (χ0n) is 18.6. The molecule has 0 bridgehead atoms. The molecule has 2 aliphatic heterocycles. The molecule has 0 radical (unpaired) electrons. The van der Waals surface area contributed by atoms with Crippen LogP contribution in [0.3, 0.4) is 0 Å². The number of hydrazine groups is 1. The monoisotopic (exact) mass is 429 g/mol. The van der Waals surface area contributed by atoms with Crippen molar-refractivity contribution in [2.24, 2.45) is 11.7 Å². The van der Waals surface area contributed by atoms with Gasteiger partial charge in [-0.1, -0.05) is 24.1 Å².